The summed E-state index contributed by atoms with van der Waals surface area (Å²) in [5.74, 6) is 0.132. The summed E-state index contributed by atoms with van der Waals surface area (Å²) in [6, 6.07) is 7.23. The topological polar surface area (TPSA) is 114 Å². The molecule has 0 bridgehead atoms. The van der Waals surface area contributed by atoms with E-state index in [4.69, 9.17) is 32.7 Å². The lowest BCUT2D eigenvalue weighted by molar-refractivity contribution is -0.384. The Bertz CT molecular complexity index is 1110. The van der Waals surface area contributed by atoms with Crippen molar-refractivity contribution in [2.24, 2.45) is 0 Å². The highest BCUT2D eigenvalue weighted by molar-refractivity contribution is 14.1. The van der Waals surface area contributed by atoms with Crippen LogP contribution < -0.4 is 14.8 Å². The number of amides is 1. The number of nitrogens with zero attached hydrogens (tertiary/aromatic N) is 2. The van der Waals surface area contributed by atoms with E-state index in [0.29, 0.717) is 20.6 Å². The van der Waals surface area contributed by atoms with Gasteiger partial charge in [0, 0.05) is 12.1 Å². The number of nitro groups is 1. The summed E-state index contributed by atoms with van der Waals surface area (Å²) in [4.78, 5) is 22.8. The molecular formula is C20H14Cl2IN3O5. The van der Waals surface area contributed by atoms with E-state index in [1.54, 1.807) is 18.2 Å². The number of carbonyl (C=O) groups excluding carboxylic acids is 1. The molecule has 0 heterocycles. The summed E-state index contributed by atoms with van der Waals surface area (Å²) in [6.07, 6.45) is 2.94. The van der Waals surface area contributed by atoms with Gasteiger partial charge in [-0.2, -0.15) is 5.26 Å². The molecule has 0 saturated carbocycles. The number of halogens is 3. The van der Waals surface area contributed by atoms with Crippen LogP contribution in [0.25, 0.3) is 6.08 Å². The van der Waals surface area contributed by atoms with Crippen LogP contribution in [0.3, 0.4) is 0 Å². The summed E-state index contributed by atoms with van der Waals surface area (Å²) >= 11 is 14.1. The van der Waals surface area contributed by atoms with Crippen LogP contribution in [0, 0.1) is 25.0 Å². The maximum Gasteiger partial charge on any atom is 0.272 e. The van der Waals surface area contributed by atoms with Gasteiger partial charge in [0.25, 0.3) is 11.6 Å². The first kappa shape index (κ1) is 24.5. The number of carbonyl (C=O) groups is 1. The van der Waals surface area contributed by atoms with Crippen molar-refractivity contribution in [3.63, 3.8) is 0 Å². The third-order valence-corrected chi connectivity index (χ3v) is 5.15. The average molecular weight is 574 g/mol. The smallest absolute Gasteiger partial charge is 0.272 e. The lowest BCUT2D eigenvalue weighted by Gasteiger charge is -2.13. The average Bonchev–Trinajstić information content (AvgIpc) is 2.72. The van der Waals surface area contributed by atoms with E-state index in [9.17, 15) is 20.2 Å². The van der Waals surface area contributed by atoms with Gasteiger partial charge in [0.2, 0.25) is 0 Å². The van der Waals surface area contributed by atoms with Crippen LogP contribution in [0.4, 0.5) is 11.4 Å². The number of hydrogen-bond donors (Lipinski definition) is 1. The summed E-state index contributed by atoms with van der Waals surface area (Å²) in [5, 5.41) is 22.5. The van der Waals surface area contributed by atoms with Gasteiger partial charge in [-0.15, -0.1) is 0 Å². The number of non-ortho nitro benzene ring substituents is 1. The second-order valence-corrected chi connectivity index (χ2v) is 7.78. The van der Waals surface area contributed by atoms with Gasteiger partial charge in [-0.3, -0.25) is 14.9 Å². The second kappa shape index (κ2) is 11.0. The number of rotatable bonds is 8. The lowest BCUT2D eigenvalue weighted by atomic mass is 10.1. The molecule has 2 aromatic carbocycles. The van der Waals surface area contributed by atoms with Crippen molar-refractivity contribution in [3.8, 4) is 17.6 Å². The zero-order valence-corrected chi connectivity index (χ0v) is 19.6. The minimum atomic E-state index is -0.791. The Morgan fingerprint density at radius 3 is 2.52 bits per heavy atom. The fraction of sp³-hybridized carbons (Fsp3) is 0.100. The zero-order valence-electron chi connectivity index (χ0n) is 15.9. The van der Waals surface area contributed by atoms with Crippen molar-refractivity contribution in [1.29, 1.82) is 5.26 Å². The van der Waals surface area contributed by atoms with Gasteiger partial charge in [-0.05, 0) is 46.4 Å². The predicted molar refractivity (Wildman–Crippen MR) is 127 cm³/mol. The molecule has 0 unspecified atom stereocenters. The van der Waals surface area contributed by atoms with Gasteiger partial charge in [-0.25, -0.2) is 0 Å². The van der Waals surface area contributed by atoms with Gasteiger partial charge in [0.05, 0.1) is 31.3 Å². The third-order valence-electron chi connectivity index (χ3n) is 3.75. The summed E-state index contributed by atoms with van der Waals surface area (Å²) in [5.41, 5.74) is -0.104. The summed E-state index contributed by atoms with van der Waals surface area (Å²) in [6.45, 7) is 3.88. The molecule has 0 aliphatic heterocycles. The first-order chi connectivity index (χ1) is 14.7. The number of nitriles is 1. The van der Waals surface area contributed by atoms with E-state index in [-0.39, 0.29) is 33.6 Å². The molecule has 0 aromatic heterocycles. The Morgan fingerprint density at radius 1 is 1.35 bits per heavy atom. The van der Waals surface area contributed by atoms with Crippen molar-refractivity contribution in [1.82, 2.24) is 0 Å². The number of benzene rings is 2. The normalized spacial score (nSPS) is 10.7. The van der Waals surface area contributed by atoms with Crippen molar-refractivity contribution in [2.75, 3.05) is 19.0 Å². The molecule has 2 aromatic rings. The molecule has 0 spiro atoms. The van der Waals surface area contributed by atoms with Gasteiger partial charge >= 0.3 is 0 Å². The molecule has 0 aliphatic rings. The fourth-order valence-electron chi connectivity index (χ4n) is 2.39. The van der Waals surface area contributed by atoms with E-state index >= 15 is 0 Å². The Labute approximate surface area is 201 Å². The predicted octanol–water partition coefficient (Wildman–Crippen LogP) is 5.63. The number of hydrogen-bond acceptors (Lipinski definition) is 6. The fourth-order valence-corrected chi connectivity index (χ4v) is 3.74. The SMILES string of the molecule is C=CCOc1c(I)cc(/C=C(\C#N)C(=O)Nc2c(Cl)cc([N+](=O)[O-])cc2Cl)cc1OC. The molecule has 8 nitrogen and oxygen atoms in total. The van der Waals surface area contributed by atoms with Gasteiger partial charge in [0.1, 0.15) is 18.2 Å². The maximum absolute atomic E-state index is 12.6. The largest absolute Gasteiger partial charge is 0.493 e. The molecule has 1 N–H and O–H groups in total. The molecule has 31 heavy (non-hydrogen) atoms. The van der Waals surface area contributed by atoms with E-state index < -0.39 is 10.8 Å². The van der Waals surface area contributed by atoms with Gasteiger partial charge in [0.15, 0.2) is 11.5 Å². The van der Waals surface area contributed by atoms with Gasteiger partial charge < -0.3 is 14.8 Å². The molecule has 1 amide bonds. The first-order valence-corrected chi connectivity index (χ1v) is 10.2. The first-order valence-electron chi connectivity index (χ1n) is 8.39. The summed E-state index contributed by atoms with van der Waals surface area (Å²) < 4.78 is 11.6. The van der Waals surface area contributed by atoms with Crippen LogP contribution in [0.1, 0.15) is 5.56 Å². The number of ether oxygens (including phenoxy) is 2. The van der Waals surface area contributed by atoms with Crippen LogP contribution in [-0.2, 0) is 4.79 Å². The third kappa shape index (κ3) is 6.10. The van der Waals surface area contributed by atoms with Crippen molar-refractivity contribution < 1.29 is 19.2 Å². The number of nitro benzene ring substituents is 1. The van der Waals surface area contributed by atoms with Crippen LogP contribution in [0.5, 0.6) is 11.5 Å². The number of nitrogens with one attached hydrogen (secondary N) is 1. The molecular weight excluding hydrogens is 560 g/mol. The van der Waals surface area contributed by atoms with Gasteiger partial charge in [-0.1, -0.05) is 35.9 Å². The van der Waals surface area contributed by atoms with Crippen molar-refractivity contribution in [2.45, 2.75) is 0 Å². The molecule has 0 aliphatic carbocycles. The van der Waals surface area contributed by atoms with E-state index in [0.717, 1.165) is 12.1 Å². The lowest BCUT2D eigenvalue weighted by Crippen LogP contribution is -2.14. The van der Waals surface area contributed by atoms with E-state index in [2.05, 4.69) is 11.9 Å². The van der Waals surface area contributed by atoms with Crippen LogP contribution in [0.2, 0.25) is 10.0 Å². The minimum Gasteiger partial charge on any atom is -0.493 e. The molecule has 0 fully saturated rings. The maximum atomic E-state index is 12.6. The quantitative estimate of drug-likeness (QED) is 0.109. The van der Waals surface area contributed by atoms with Crippen molar-refractivity contribution >= 4 is 69.2 Å². The minimum absolute atomic E-state index is 0.0413. The van der Waals surface area contributed by atoms with Crippen LogP contribution in [-0.4, -0.2) is 24.5 Å². The zero-order chi connectivity index (χ0) is 23.1. The van der Waals surface area contributed by atoms with Crippen LogP contribution in [0.15, 0.2) is 42.5 Å². The Morgan fingerprint density at radius 2 is 2.00 bits per heavy atom. The Balaban J connectivity index is 2.37. The standard InChI is InChI=1S/C20H14Cl2IN3O5/c1-3-4-31-19-16(23)6-11(7-17(19)30-2)5-12(10-24)20(27)25-18-14(21)8-13(26(28)29)9-15(18)22/h3,5-9H,1,4H2,2H3,(H,25,27)/b12-5+. The highest BCUT2D eigenvalue weighted by Crippen LogP contribution is 2.36. The molecule has 2 rings (SSSR count). The van der Waals surface area contributed by atoms with E-state index in [1.807, 2.05) is 28.7 Å². The number of methoxy groups -OCH3 is 1. The Hall–Kier alpha value is -2.81. The molecule has 11 heteroatoms. The van der Waals surface area contributed by atoms with Crippen molar-refractivity contribution in [3.05, 3.63) is 71.8 Å². The van der Waals surface area contributed by atoms with E-state index in [1.165, 1.54) is 13.2 Å². The molecule has 0 radical (unpaired) electrons. The summed E-state index contributed by atoms with van der Waals surface area (Å²) in [7, 11) is 1.47. The number of anilines is 1. The highest BCUT2D eigenvalue weighted by atomic mass is 127. The van der Waals surface area contributed by atoms with Crippen LogP contribution >= 0.6 is 45.8 Å². The Kier molecular flexibility index (Phi) is 8.67. The molecule has 0 saturated heterocycles. The highest BCUT2D eigenvalue weighted by Gasteiger charge is 2.19. The monoisotopic (exact) mass is 573 g/mol. The second-order valence-electron chi connectivity index (χ2n) is 5.80. The molecule has 0 atom stereocenters. The molecule has 160 valence electrons.